The molecule has 2 atom stereocenters. The minimum absolute atomic E-state index is 0.0808. The fourth-order valence-electron chi connectivity index (χ4n) is 4.49. The number of fused-ring (bicyclic) bond motifs is 1. The van der Waals surface area contributed by atoms with Gasteiger partial charge in [0.25, 0.3) is 5.91 Å². The Kier molecular flexibility index (Phi) is 3.80. The summed E-state index contributed by atoms with van der Waals surface area (Å²) in [4.78, 5) is 14.7. The van der Waals surface area contributed by atoms with E-state index in [9.17, 15) is 13.2 Å². The molecule has 1 N–H and O–H groups in total. The van der Waals surface area contributed by atoms with Crippen LogP contribution in [-0.2, 0) is 14.8 Å². The molecule has 2 saturated heterocycles. The number of hydrogen-bond acceptors (Lipinski definition) is 5. The lowest BCUT2D eigenvalue weighted by atomic mass is 10.1. The Labute approximate surface area is 157 Å². The lowest BCUT2D eigenvalue weighted by molar-refractivity contribution is -0.0634. The van der Waals surface area contributed by atoms with Crippen LogP contribution >= 0.6 is 0 Å². The van der Waals surface area contributed by atoms with Gasteiger partial charge in [-0.2, -0.15) is 4.31 Å². The van der Waals surface area contributed by atoms with Crippen molar-refractivity contribution in [2.45, 2.75) is 23.9 Å². The summed E-state index contributed by atoms with van der Waals surface area (Å²) in [7, 11) is -3.67. The highest BCUT2D eigenvalue weighted by atomic mass is 32.2. The Balaban J connectivity index is 1.55. The summed E-state index contributed by atoms with van der Waals surface area (Å²) >= 11 is 0. The number of morpholine rings is 1. The van der Waals surface area contributed by atoms with Crippen molar-refractivity contribution in [2.24, 2.45) is 0 Å². The van der Waals surface area contributed by atoms with E-state index >= 15 is 0 Å². The molecule has 0 unspecified atom stereocenters. The van der Waals surface area contributed by atoms with Crippen molar-refractivity contribution in [1.82, 2.24) is 9.21 Å². The highest BCUT2D eigenvalue weighted by Gasteiger charge is 2.39. The minimum Gasteiger partial charge on any atom is -0.378 e. The highest BCUT2D eigenvalue weighted by molar-refractivity contribution is 7.89. The number of ether oxygens (including phenoxy) is 1. The van der Waals surface area contributed by atoms with Gasteiger partial charge in [-0.05, 0) is 25.1 Å². The van der Waals surface area contributed by atoms with E-state index in [0.717, 1.165) is 0 Å². The molecule has 3 heterocycles. The number of piperazine rings is 1. The standard InChI is InChI=1S/C19H21N3O4S/c1-12-10-26-11-13-9-21(7-8-22(12)13)27(24,25)17-6-5-16-18-14(17)3-2-4-15(18)19(23)20-16/h2-6,12-13H,7-11H2,1H3,(H,20,23)/t12-,13+/m0/s1. The summed E-state index contributed by atoms with van der Waals surface area (Å²) in [5, 5.41) is 4.09. The zero-order valence-electron chi connectivity index (χ0n) is 15.0. The fraction of sp³-hybridized carbons (Fsp3) is 0.421. The maximum Gasteiger partial charge on any atom is 0.256 e. The maximum absolute atomic E-state index is 13.4. The molecular formula is C19H21N3O4S. The Bertz CT molecular complexity index is 1050. The molecule has 27 heavy (non-hydrogen) atoms. The van der Waals surface area contributed by atoms with Crippen molar-refractivity contribution in [3.63, 3.8) is 0 Å². The molecule has 0 aliphatic carbocycles. The third-order valence-electron chi connectivity index (χ3n) is 5.84. The first kappa shape index (κ1) is 17.1. The van der Waals surface area contributed by atoms with Gasteiger partial charge in [0.2, 0.25) is 10.0 Å². The second kappa shape index (κ2) is 6.00. The quantitative estimate of drug-likeness (QED) is 0.845. The van der Waals surface area contributed by atoms with Gasteiger partial charge in [0.05, 0.1) is 18.1 Å². The predicted octanol–water partition coefficient (Wildman–Crippen LogP) is 1.50. The zero-order chi connectivity index (χ0) is 18.8. The number of carbonyl (C=O) groups excluding carboxylic acids is 1. The Morgan fingerprint density at radius 1 is 1.15 bits per heavy atom. The van der Waals surface area contributed by atoms with Crippen LogP contribution in [0, 0.1) is 0 Å². The van der Waals surface area contributed by atoms with Gasteiger partial charge in [0.15, 0.2) is 0 Å². The van der Waals surface area contributed by atoms with E-state index < -0.39 is 10.0 Å². The van der Waals surface area contributed by atoms with Crippen molar-refractivity contribution in [3.05, 3.63) is 35.9 Å². The smallest absolute Gasteiger partial charge is 0.256 e. The van der Waals surface area contributed by atoms with Crippen LogP contribution in [0.1, 0.15) is 17.3 Å². The highest BCUT2D eigenvalue weighted by Crippen LogP contribution is 2.37. The van der Waals surface area contributed by atoms with Gasteiger partial charge in [-0.1, -0.05) is 12.1 Å². The van der Waals surface area contributed by atoms with Gasteiger partial charge < -0.3 is 10.1 Å². The lowest BCUT2D eigenvalue weighted by Crippen LogP contribution is -2.61. The third-order valence-corrected chi connectivity index (χ3v) is 7.76. The van der Waals surface area contributed by atoms with Gasteiger partial charge in [-0.15, -0.1) is 0 Å². The second-order valence-corrected chi connectivity index (χ2v) is 9.34. The molecule has 2 fully saturated rings. The molecule has 5 rings (SSSR count). The van der Waals surface area contributed by atoms with Crippen molar-refractivity contribution < 1.29 is 17.9 Å². The molecule has 0 aromatic heterocycles. The summed E-state index contributed by atoms with van der Waals surface area (Å²) in [5.74, 6) is -0.188. The number of hydrogen-bond donors (Lipinski definition) is 1. The van der Waals surface area contributed by atoms with Gasteiger partial charge >= 0.3 is 0 Å². The van der Waals surface area contributed by atoms with Crippen LogP contribution in [0.5, 0.6) is 0 Å². The minimum atomic E-state index is -3.67. The van der Waals surface area contributed by atoms with Crippen molar-refractivity contribution in [3.8, 4) is 0 Å². The van der Waals surface area contributed by atoms with Crippen LogP contribution in [0.3, 0.4) is 0 Å². The van der Waals surface area contributed by atoms with E-state index in [2.05, 4.69) is 17.1 Å². The number of anilines is 1. The Morgan fingerprint density at radius 2 is 2.00 bits per heavy atom. The summed E-state index contributed by atoms with van der Waals surface area (Å²) in [6, 6.07) is 8.92. The monoisotopic (exact) mass is 387 g/mol. The first-order valence-electron chi connectivity index (χ1n) is 9.17. The summed E-state index contributed by atoms with van der Waals surface area (Å²) in [6.45, 7) is 4.95. The Morgan fingerprint density at radius 3 is 2.85 bits per heavy atom. The largest absolute Gasteiger partial charge is 0.378 e. The van der Waals surface area contributed by atoms with Crippen molar-refractivity contribution >= 4 is 32.4 Å². The van der Waals surface area contributed by atoms with Gasteiger partial charge in [0.1, 0.15) is 0 Å². The first-order chi connectivity index (χ1) is 13.0. The van der Waals surface area contributed by atoms with Crippen molar-refractivity contribution in [2.75, 3.05) is 38.2 Å². The number of carbonyl (C=O) groups is 1. The zero-order valence-corrected chi connectivity index (χ0v) is 15.8. The molecule has 8 heteroatoms. The predicted molar refractivity (Wildman–Crippen MR) is 101 cm³/mol. The third kappa shape index (κ3) is 2.51. The SMILES string of the molecule is C[C@H]1COC[C@H]2CN(S(=O)(=O)c3ccc4c5c(cccc35)C(=O)N4)CCN21. The Hall–Kier alpha value is -2.00. The van der Waals surface area contributed by atoms with Crippen LogP contribution in [-0.4, -0.2) is 68.5 Å². The molecule has 0 radical (unpaired) electrons. The van der Waals surface area contributed by atoms with Crippen LogP contribution in [0.15, 0.2) is 35.2 Å². The molecule has 2 aromatic rings. The fourth-order valence-corrected chi connectivity index (χ4v) is 6.14. The van der Waals surface area contributed by atoms with Crippen LogP contribution < -0.4 is 5.32 Å². The summed E-state index contributed by atoms with van der Waals surface area (Å²) < 4.78 is 34.1. The number of nitrogens with one attached hydrogen (secondary N) is 1. The molecule has 0 saturated carbocycles. The first-order valence-corrected chi connectivity index (χ1v) is 10.6. The van der Waals surface area contributed by atoms with Gasteiger partial charge in [-0.25, -0.2) is 8.42 Å². The molecule has 1 amide bonds. The number of sulfonamides is 1. The number of nitrogens with zero attached hydrogens (tertiary/aromatic N) is 2. The van der Waals surface area contributed by atoms with E-state index in [-0.39, 0.29) is 16.8 Å². The molecule has 3 aliphatic heterocycles. The topological polar surface area (TPSA) is 78.9 Å². The second-order valence-electron chi connectivity index (χ2n) is 7.43. The van der Waals surface area contributed by atoms with Crippen molar-refractivity contribution in [1.29, 1.82) is 0 Å². The maximum atomic E-state index is 13.4. The lowest BCUT2D eigenvalue weighted by Gasteiger charge is -2.46. The van der Waals surface area contributed by atoms with E-state index in [0.29, 0.717) is 60.9 Å². The summed E-state index contributed by atoms with van der Waals surface area (Å²) in [6.07, 6.45) is 0. The van der Waals surface area contributed by atoms with E-state index in [1.54, 1.807) is 34.6 Å². The van der Waals surface area contributed by atoms with Crippen LogP contribution in [0.2, 0.25) is 0 Å². The molecule has 142 valence electrons. The molecule has 3 aliphatic rings. The van der Waals surface area contributed by atoms with Crippen LogP contribution in [0.4, 0.5) is 5.69 Å². The van der Waals surface area contributed by atoms with Gasteiger partial charge in [-0.3, -0.25) is 9.69 Å². The van der Waals surface area contributed by atoms with E-state index in [1.807, 2.05) is 0 Å². The van der Waals surface area contributed by atoms with Crippen LogP contribution in [0.25, 0.3) is 10.8 Å². The normalized spacial score (nSPS) is 26.2. The molecule has 7 nitrogen and oxygen atoms in total. The number of benzene rings is 2. The average molecular weight is 387 g/mol. The molecule has 2 aromatic carbocycles. The molecule has 0 spiro atoms. The number of rotatable bonds is 2. The molecule has 0 bridgehead atoms. The van der Waals surface area contributed by atoms with E-state index in [4.69, 9.17) is 4.74 Å². The van der Waals surface area contributed by atoms with Gasteiger partial charge in [0, 0.05) is 53.7 Å². The average Bonchev–Trinajstić information content (AvgIpc) is 2.99. The molecular weight excluding hydrogens is 366 g/mol. The summed E-state index contributed by atoms with van der Waals surface area (Å²) in [5.41, 5.74) is 1.20. The van der Waals surface area contributed by atoms with E-state index in [1.165, 1.54) is 0 Å². The number of amides is 1.